The lowest BCUT2D eigenvalue weighted by atomic mass is 10.1. The van der Waals surface area contributed by atoms with Crippen LogP contribution in [0.1, 0.15) is 16.8 Å². The van der Waals surface area contributed by atoms with Gasteiger partial charge in [0.25, 0.3) is 15.9 Å². The van der Waals surface area contributed by atoms with E-state index in [4.69, 9.17) is 11.6 Å². The minimum atomic E-state index is -5.28. The molecule has 39 heavy (non-hydrogen) atoms. The molecule has 7 nitrogen and oxygen atoms in total. The molecule has 0 aliphatic carbocycles. The van der Waals surface area contributed by atoms with E-state index in [2.05, 4.69) is 4.74 Å². The molecule has 1 fully saturated rings. The number of thiophene rings is 1. The fourth-order valence-corrected chi connectivity index (χ4v) is 6.51. The molecule has 2 heterocycles. The number of nitrogens with zero attached hydrogens (tertiary/aromatic N) is 1. The number of likely N-dealkylation sites (tertiary alicyclic amines) is 1. The molecule has 1 aliphatic rings. The first-order valence-electron chi connectivity index (χ1n) is 11.3. The van der Waals surface area contributed by atoms with Gasteiger partial charge in [-0.1, -0.05) is 29.8 Å². The van der Waals surface area contributed by atoms with E-state index in [-0.39, 0.29) is 11.1 Å². The molecule has 0 unspecified atom stereocenters. The van der Waals surface area contributed by atoms with Crippen LogP contribution in [0.4, 0.5) is 23.2 Å². The third-order valence-corrected chi connectivity index (χ3v) is 8.75. The Morgan fingerprint density at radius 3 is 2.46 bits per heavy atom. The van der Waals surface area contributed by atoms with E-state index in [1.165, 1.54) is 4.90 Å². The van der Waals surface area contributed by atoms with Crippen molar-refractivity contribution >= 4 is 54.6 Å². The maximum Gasteiger partial charge on any atom is 0.573 e. The molecular formula is C25H17ClF4N2O5S2. The Morgan fingerprint density at radius 1 is 1.10 bits per heavy atom. The standard InChI is InChI=1S/C25H17ClF4N2O5S2/c26-16-8-14(24(34)32-6-3-7-32)10-22(23(16)33)39(35,36)31-18-11-15(17(27)12-19(18)37-25(28,29)30)21-9-13-4-1-2-5-20(13)38-21/h1-2,4-5,8-12,31,33H,3,6-7H2. The van der Waals surface area contributed by atoms with Crippen LogP contribution >= 0.6 is 22.9 Å². The summed E-state index contributed by atoms with van der Waals surface area (Å²) in [7, 11) is -4.87. The molecule has 0 bridgehead atoms. The van der Waals surface area contributed by atoms with Crippen LogP contribution in [0.5, 0.6) is 11.5 Å². The largest absolute Gasteiger partial charge is 0.573 e. The van der Waals surface area contributed by atoms with Crippen LogP contribution in [0.15, 0.2) is 59.5 Å². The number of amides is 1. The summed E-state index contributed by atoms with van der Waals surface area (Å²) >= 11 is 7.13. The molecule has 1 aliphatic heterocycles. The average molecular weight is 601 g/mol. The van der Waals surface area contributed by atoms with Gasteiger partial charge < -0.3 is 14.7 Å². The summed E-state index contributed by atoms with van der Waals surface area (Å²) < 4.78 is 87.6. The number of fused-ring (bicyclic) bond motifs is 1. The molecule has 4 aromatic rings. The molecule has 14 heteroatoms. The Balaban J connectivity index is 1.60. The number of carbonyl (C=O) groups excluding carboxylic acids is 1. The topological polar surface area (TPSA) is 95.9 Å². The van der Waals surface area contributed by atoms with Crippen molar-refractivity contribution in [1.29, 1.82) is 0 Å². The summed E-state index contributed by atoms with van der Waals surface area (Å²) in [5, 5.41) is 10.7. The van der Waals surface area contributed by atoms with Crippen molar-refractivity contribution in [3.8, 4) is 21.9 Å². The number of sulfonamides is 1. The van der Waals surface area contributed by atoms with Crippen molar-refractivity contribution in [2.24, 2.45) is 0 Å². The van der Waals surface area contributed by atoms with Gasteiger partial charge in [0.2, 0.25) is 0 Å². The Morgan fingerprint density at radius 2 is 1.82 bits per heavy atom. The first-order valence-corrected chi connectivity index (χ1v) is 13.9. The predicted molar refractivity (Wildman–Crippen MR) is 138 cm³/mol. The van der Waals surface area contributed by atoms with Gasteiger partial charge in [-0.25, -0.2) is 12.8 Å². The predicted octanol–water partition coefficient (Wildman–Crippen LogP) is 6.61. The molecule has 204 valence electrons. The molecule has 1 amide bonds. The minimum Gasteiger partial charge on any atom is -0.505 e. The lowest BCUT2D eigenvalue weighted by molar-refractivity contribution is -0.274. The van der Waals surface area contributed by atoms with Gasteiger partial charge in [-0.2, -0.15) is 0 Å². The van der Waals surface area contributed by atoms with Crippen molar-refractivity contribution < 1.29 is 40.6 Å². The summed E-state index contributed by atoms with van der Waals surface area (Å²) in [6.45, 7) is 0.901. The Kier molecular flexibility index (Phi) is 6.85. The Labute approximate surface area is 228 Å². The number of phenolic OH excluding ortho intramolecular Hbond substituents is 1. The summed E-state index contributed by atoms with van der Waals surface area (Å²) in [6.07, 6.45) is -4.51. The summed E-state index contributed by atoms with van der Waals surface area (Å²) in [5.41, 5.74) is -1.08. The number of anilines is 1. The highest BCUT2D eigenvalue weighted by Gasteiger charge is 2.34. The Hall–Kier alpha value is -3.55. The van der Waals surface area contributed by atoms with E-state index in [0.717, 1.165) is 46.0 Å². The van der Waals surface area contributed by atoms with Crippen molar-refractivity contribution in [2.75, 3.05) is 17.8 Å². The third kappa shape index (κ3) is 5.47. The van der Waals surface area contributed by atoms with Gasteiger partial charge in [-0.05, 0) is 42.1 Å². The van der Waals surface area contributed by atoms with Crippen molar-refractivity contribution in [3.63, 3.8) is 0 Å². The maximum atomic E-state index is 15.0. The first-order chi connectivity index (χ1) is 18.3. The van der Waals surface area contributed by atoms with Crippen molar-refractivity contribution in [3.05, 3.63) is 71.0 Å². The number of nitrogens with one attached hydrogen (secondary N) is 1. The second-order valence-electron chi connectivity index (χ2n) is 8.58. The number of benzene rings is 3. The number of hydrogen-bond acceptors (Lipinski definition) is 6. The lowest BCUT2D eigenvalue weighted by Gasteiger charge is -2.31. The van der Waals surface area contributed by atoms with Crippen LogP contribution in [0, 0.1) is 5.82 Å². The lowest BCUT2D eigenvalue weighted by Crippen LogP contribution is -2.42. The molecule has 0 atom stereocenters. The normalized spacial score (nSPS) is 13.8. The Bertz CT molecular complexity index is 1690. The van der Waals surface area contributed by atoms with Gasteiger partial charge in [0.05, 0.1) is 10.7 Å². The van der Waals surface area contributed by atoms with E-state index >= 15 is 4.39 Å². The number of halogens is 5. The summed E-state index contributed by atoms with van der Waals surface area (Å²) in [6, 6.07) is 11.9. The number of aromatic hydroxyl groups is 1. The van der Waals surface area contributed by atoms with E-state index in [0.29, 0.717) is 24.0 Å². The van der Waals surface area contributed by atoms with Crippen LogP contribution in [-0.4, -0.2) is 43.8 Å². The van der Waals surface area contributed by atoms with E-state index in [1.807, 2.05) is 4.72 Å². The zero-order chi connectivity index (χ0) is 28.1. The molecule has 5 rings (SSSR count). The number of ether oxygens (including phenoxy) is 1. The number of phenols is 1. The van der Waals surface area contributed by atoms with Gasteiger partial charge in [0.15, 0.2) is 11.5 Å². The first kappa shape index (κ1) is 27.0. The van der Waals surface area contributed by atoms with Gasteiger partial charge in [-0.3, -0.25) is 9.52 Å². The molecule has 0 saturated carbocycles. The van der Waals surface area contributed by atoms with Crippen molar-refractivity contribution in [2.45, 2.75) is 17.7 Å². The number of carbonyl (C=O) groups is 1. The van der Waals surface area contributed by atoms with Gasteiger partial charge in [0.1, 0.15) is 10.7 Å². The maximum absolute atomic E-state index is 15.0. The number of hydrogen-bond donors (Lipinski definition) is 2. The monoisotopic (exact) mass is 600 g/mol. The highest BCUT2D eigenvalue weighted by atomic mass is 35.5. The molecule has 0 radical (unpaired) electrons. The molecule has 1 saturated heterocycles. The number of alkyl halides is 3. The van der Waals surface area contributed by atoms with E-state index < -0.39 is 55.2 Å². The molecule has 0 spiro atoms. The minimum absolute atomic E-state index is 0.144. The summed E-state index contributed by atoms with van der Waals surface area (Å²) in [5.74, 6) is -3.70. The van der Waals surface area contributed by atoms with Crippen LogP contribution in [0.25, 0.3) is 20.5 Å². The second-order valence-corrected chi connectivity index (χ2v) is 11.7. The zero-order valence-corrected chi connectivity index (χ0v) is 21.9. The highest BCUT2D eigenvalue weighted by molar-refractivity contribution is 7.92. The zero-order valence-electron chi connectivity index (χ0n) is 19.6. The second kappa shape index (κ2) is 9.88. The summed E-state index contributed by atoms with van der Waals surface area (Å²) in [4.78, 5) is 13.5. The van der Waals surface area contributed by atoms with Crippen LogP contribution in [0.3, 0.4) is 0 Å². The van der Waals surface area contributed by atoms with Crippen LogP contribution < -0.4 is 9.46 Å². The average Bonchev–Trinajstić information content (AvgIpc) is 3.24. The fraction of sp³-hybridized carbons (Fsp3) is 0.160. The molecule has 3 aromatic carbocycles. The molecule has 2 N–H and O–H groups in total. The highest BCUT2D eigenvalue weighted by Crippen LogP contribution is 2.42. The fourth-order valence-electron chi connectivity index (χ4n) is 3.95. The van der Waals surface area contributed by atoms with Crippen LogP contribution in [-0.2, 0) is 10.0 Å². The van der Waals surface area contributed by atoms with E-state index in [9.17, 15) is 31.5 Å². The van der Waals surface area contributed by atoms with Gasteiger partial charge >= 0.3 is 6.36 Å². The van der Waals surface area contributed by atoms with Gasteiger partial charge in [0, 0.05) is 39.9 Å². The van der Waals surface area contributed by atoms with Crippen molar-refractivity contribution in [1.82, 2.24) is 4.90 Å². The smallest absolute Gasteiger partial charge is 0.505 e. The molecule has 1 aromatic heterocycles. The SMILES string of the molecule is O=C(c1cc(Cl)c(O)c(S(=O)(=O)Nc2cc(-c3cc4ccccc4s3)c(F)cc2OC(F)(F)F)c1)N1CCC1. The van der Waals surface area contributed by atoms with E-state index in [1.54, 1.807) is 30.3 Å². The van der Waals surface area contributed by atoms with Crippen LogP contribution in [0.2, 0.25) is 5.02 Å². The quantitative estimate of drug-likeness (QED) is 0.243. The third-order valence-electron chi connectivity index (χ3n) is 5.94. The molecular weight excluding hydrogens is 584 g/mol. The number of rotatable bonds is 6. The van der Waals surface area contributed by atoms with Gasteiger partial charge in [-0.15, -0.1) is 24.5 Å².